The molecule has 1 heterocycles. The number of carbonyl (C=O) groups is 3. The molecule has 0 spiro atoms. The first kappa shape index (κ1) is 19.8. The van der Waals surface area contributed by atoms with E-state index in [4.69, 9.17) is 9.72 Å². The van der Waals surface area contributed by atoms with Crippen LogP contribution in [0, 0.1) is 5.92 Å². The van der Waals surface area contributed by atoms with Crippen molar-refractivity contribution in [3.05, 3.63) is 41.1 Å². The second-order valence-electron chi connectivity index (χ2n) is 7.16. The van der Waals surface area contributed by atoms with Crippen molar-refractivity contribution in [3.63, 3.8) is 0 Å². The molecule has 1 aromatic heterocycles. The first-order valence-electron chi connectivity index (χ1n) is 9.64. The van der Waals surface area contributed by atoms with Gasteiger partial charge in [0.05, 0.1) is 11.1 Å². The van der Waals surface area contributed by atoms with Gasteiger partial charge in [-0.05, 0) is 43.2 Å². The van der Waals surface area contributed by atoms with Crippen LogP contribution in [0.2, 0.25) is 0 Å². The number of amides is 3. The lowest BCUT2D eigenvalue weighted by atomic mass is 9.84. The molecule has 0 unspecified atom stereocenters. The Morgan fingerprint density at radius 2 is 2.04 bits per heavy atom. The fourth-order valence-corrected chi connectivity index (χ4v) is 3.44. The average molecular weight is 383 g/mol. The SMILES string of the molecule is CCCNC(=O)NC(=O)COC(=O)c1c2c(nc3ccccc13)CC[C@@H](C)C2. The molecular formula is C21H25N3O4. The predicted octanol–water partition coefficient (Wildman–Crippen LogP) is 2.75. The van der Waals surface area contributed by atoms with Gasteiger partial charge in [-0.1, -0.05) is 32.0 Å². The average Bonchev–Trinajstić information content (AvgIpc) is 2.68. The van der Waals surface area contributed by atoms with E-state index >= 15 is 0 Å². The van der Waals surface area contributed by atoms with E-state index in [0.29, 0.717) is 18.0 Å². The smallest absolute Gasteiger partial charge is 0.339 e. The van der Waals surface area contributed by atoms with Crippen LogP contribution in [0.5, 0.6) is 0 Å². The van der Waals surface area contributed by atoms with Crippen molar-refractivity contribution in [1.29, 1.82) is 0 Å². The third-order valence-electron chi connectivity index (χ3n) is 4.83. The van der Waals surface area contributed by atoms with Gasteiger partial charge in [0.15, 0.2) is 6.61 Å². The molecule has 3 rings (SSSR count). The van der Waals surface area contributed by atoms with E-state index in [9.17, 15) is 14.4 Å². The minimum atomic E-state index is -0.664. The summed E-state index contributed by atoms with van der Waals surface area (Å²) in [5.74, 6) is -0.775. The number of urea groups is 1. The fourth-order valence-electron chi connectivity index (χ4n) is 3.44. The lowest BCUT2D eigenvalue weighted by molar-refractivity contribution is -0.123. The van der Waals surface area contributed by atoms with Crippen molar-refractivity contribution < 1.29 is 19.1 Å². The summed E-state index contributed by atoms with van der Waals surface area (Å²) in [5.41, 5.74) is 3.05. The van der Waals surface area contributed by atoms with Crippen LogP contribution in [0.3, 0.4) is 0 Å². The summed E-state index contributed by atoms with van der Waals surface area (Å²) in [6.45, 7) is 4.01. The van der Waals surface area contributed by atoms with Crippen LogP contribution in [-0.2, 0) is 22.4 Å². The molecule has 0 bridgehead atoms. The summed E-state index contributed by atoms with van der Waals surface area (Å²) in [4.78, 5) is 41.0. The third-order valence-corrected chi connectivity index (χ3v) is 4.83. The highest BCUT2D eigenvalue weighted by atomic mass is 16.5. The van der Waals surface area contributed by atoms with Gasteiger partial charge in [0.25, 0.3) is 5.91 Å². The van der Waals surface area contributed by atoms with Crippen molar-refractivity contribution in [3.8, 4) is 0 Å². The maximum Gasteiger partial charge on any atom is 0.339 e. The Morgan fingerprint density at radius 3 is 2.82 bits per heavy atom. The lowest BCUT2D eigenvalue weighted by Gasteiger charge is -2.24. The standard InChI is InChI=1S/C21H25N3O4/c1-3-10-22-21(27)24-18(25)12-28-20(26)19-14-6-4-5-7-16(14)23-17-9-8-13(2)11-15(17)19/h4-7,13H,3,8-12H2,1-2H3,(H2,22,24,25,27)/t13-/m1/s1. The van der Waals surface area contributed by atoms with Crippen LogP contribution >= 0.6 is 0 Å². The second kappa shape index (κ2) is 8.82. The van der Waals surface area contributed by atoms with Gasteiger partial charge in [-0.3, -0.25) is 15.1 Å². The largest absolute Gasteiger partial charge is 0.452 e. The summed E-state index contributed by atoms with van der Waals surface area (Å²) < 4.78 is 5.25. The normalized spacial score (nSPS) is 15.6. The van der Waals surface area contributed by atoms with E-state index in [2.05, 4.69) is 17.6 Å². The first-order valence-corrected chi connectivity index (χ1v) is 9.64. The van der Waals surface area contributed by atoms with Crippen molar-refractivity contribution in [2.75, 3.05) is 13.2 Å². The Bertz CT molecular complexity index is 910. The number of fused-ring (bicyclic) bond motifs is 2. The quantitative estimate of drug-likeness (QED) is 0.774. The van der Waals surface area contributed by atoms with Gasteiger partial charge in [0.1, 0.15) is 0 Å². The van der Waals surface area contributed by atoms with Gasteiger partial charge < -0.3 is 10.1 Å². The Kier molecular flexibility index (Phi) is 6.23. The Labute approximate surface area is 163 Å². The van der Waals surface area contributed by atoms with Crippen molar-refractivity contribution in [2.45, 2.75) is 39.5 Å². The zero-order chi connectivity index (χ0) is 20.1. The third kappa shape index (κ3) is 4.47. The monoisotopic (exact) mass is 383 g/mol. The molecule has 28 heavy (non-hydrogen) atoms. The van der Waals surface area contributed by atoms with Crippen molar-refractivity contribution in [1.82, 2.24) is 15.6 Å². The van der Waals surface area contributed by atoms with Crippen molar-refractivity contribution >= 4 is 28.8 Å². The highest BCUT2D eigenvalue weighted by Crippen LogP contribution is 2.31. The zero-order valence-corrected chi connectivity index (χ0v) is 16.2. The van der Waals surface area contributed by atoms with Gasteiger partial charge in [-0.15, -0.1) is 0 Å². The molecule has 7 heteroatoms. The Balaban J connectivity index is 1.78. The minimum absolute atomic E-state index is 0.451. The topological polar surface area (TPSA) is 97.4 Å². The number of carbonyl (C=O) groups excluding carboxylic acids is 3. The summed E-state index contributed by atoms with van der Waals surface area (Å²) in [5, 5.41) is 5.41. The zero-order valence-electron chi connectivity index (χ0n) is 16.2. The molecule has 1 aliphatic rings. The van der Waals surface area contributed by atoms with Crippen LogP contribution in [0.1, 0.15) is 48.3 Å². The number of esters is 1. The molecule has 0 radical (unpaired) electrons. The van der Waals surface area contributed by atoms with Crippen LogP contribution in [-0.4, -0.2) is 36.0 Å². The maximum atomic E-state index is 12.9. The number of hydrogen-bond donors (Lipinski definition) is 2. The molecule has 7 nitrogen and oxygen atoms in total. The number of imide groups is 1. The minimum Gasteiger partial charge on any atom is -0.452 e. The van der Waals surface area contributed by atoms with Crippen LogP contribution < -0.4 is 10.6 Å². The van der Waals surface area contributed by atoms with Gasteiger partial charge >= 0.3 is 12.0 Å². The van der Waals surface area contributed by atoms with E-state index in [0.717, 1.165) is 47.8 Å². The molecule has 0 saturated carbocycles. The number of para-hydroxylation sites is 1. The summed E-state index contributed by atoms with van der Waals surface area (Å²) >= 11 is 0. The number of rotatable bonds is 5. The summed E-state index contributed by atoms with van der Waals surface area (Å²) in [6, 6.07) is 6.85. The van der Waals surface area contributed by atoms with Crippen LogP contribution in [0.4, 0.5) is 4.79 Å². The number of benzene rings is 1. The van der Waals surface area contributed by atoms with Gasteiger partial charge in [-0.25, -0.2) is 9.59 Å². The fraction of sp³-hybridized carbons (Fsp3) is 0.429. The lowest BCUT2D eigenvalue weighted by Crippen LogP contribution is -2.41. The number of aryl methyl sites for hydroxylation is 1. The van der Waals surface area contributed by atoms with Gasteiger partial charge in [0.2, 0.25) is 0 Å². The molecule has 0 saturated heterocycles. The van der Waals surface area contributed by atoms with E-state index < -0.39 is 24.5 Å². The Morgan fingerprint density at radius 1 is 1.25 bits per heavy atom. The second-order valence-corrected chi connectivity index (χ2v) is 7.16. The molecule has 1 aromatic carbocycles. The van der Waals surface area contributed by atoms with Crippen molar-refractivity contribution in [2.24, 2.45) is 5.92 Å². The van der Waals surface area contributed by atoms with Crippen LogP contribution in [0.25, 0.3) is 10.9 Å². The summed E-state index contributed by atoms with van der Waals surface area (Å²) in [7, 11) is 0. The molecule has 3 amide bonds. The first-order chi connectivity index (χ1) is 13.5. The van der Waals surface area contributed by atoms with E-state index in [1.807, 2.05) is 31.2 Å². The molecular weight excluding hydrogens is 358 g/mol. The Hall–Kier alpha value is -2.96. The van der Waals surface area contributed by atoms with E-state index in [1.165, 1.54) is 0 Å². The molecule has 0 aliphatic heterocycles. The molecule has 148 valence electrons. The number of ether oxygens (including phenoxy) is 1. The van der Waals surface area contributed by atoms with E-state index in [-0.39, 0.29) is 0 Å². The molecule has 1 atom stereocenters. The van der Waals surface area contributed by atoms with Gasteiger partial charge in [-0.2, -0.15) is 0 Å². The highest BCUT2D eigenvalue weighted by Gasteiger charge is 2.26. The number of nitrogens with one attached hydrogen (secondary N) is 2. The number of nitrogens with zero attached hydrogens (tertiary/aromatic N) is 1. The number of pyridine rings is 1. The number of aromatic nitrogens is 1. The molecule has 0 fully saturated rings. The maximum absolute atomic E-state index is 12.9. The molecule has 2 aromatic rings. The summed E-state index contributed by atoms with van der Waals surface area (Å²) in [6.07, 6.45) is 3.36. The van der Waals surface area contributed by atoms with Gasteiger partial charge in [0, 0.05) is 17.6 Å². The van der Waals surface area contributed by atoms with Crippen LogP contribution in [0.15, 0.2) is 24.3 Å². The molecule has 1 aliphatic carbocycles. The molecule has 2 N–H and O–H groups in total. The predicted molar refractivity (Wildman–Crippen MR) is 105 cm³/mol. The van der Waals surface area contributed by atoms with E-state index in [1.54, 1.807) is 0 Å². The number of hydrogen-bond acceptors (Lipinski definition) is 5. The highest BCUT2D eigenvalue weighted by molar-refractivity contribution is 6.06.